The number of rotatable bonds is 6. The molecule has 0 radical (unpaired) electrons. The third-order valence-corrected chi connectivity index (χ3v) is 6.16. The Kier molecular flexibility index (Phi) is 4.69. The van der Waals surface area contributed by atoms with Crippen molar-refractivity contribution in [3.63, 3.8) is 0 Å². The van der Waals surface area contributed by atoms with Crippen molar-refractivity contribution in [2.24, 2.45) is 0 Å². The summed E-state index contributed by atoms with van der Waals surface area (Å²) in [5.41, 5.74) is 2.81. The van der Waals surface area contributed by atoms with Gasteiger partial charge in [-0.1, -0.05) is 54.6 Å². The second kappa shape index (κ2) is 6.75. The fourth-order valence-electron chi connectivity index (χ4n) is 3.06. The number of hydrogen-bond donors (Lipinski definition) is 2. The summed E-state index contributed by atoms with van der Waals surface area (Å²) >= 11 is 0. The first-order valence-electron chi connectivity index (χ1n) is 7.80. The average molecular weight is 345 g/mol. The molecule has 0 fully saturated rings. The number of fused-ring (bicyclic) bond motifs is 1. The standard InChI is InChI=1S/C18H19NO4S/c20-18(21)17(10-13-6-2-1-3-7-13)19-24(22,23)16-11-14-8-4-5-9-15(14)12-16/h1-9,16-17,19H,10-12H2,(H,20,21). The number of carboxylic acid groups (broad SMARTS) is 1. The van der Waals surface area contributed by atoms with E-state index < -0.39 is 27.3 Å². The fourth-order valence-corrected chi connectivity index (χ4v) is 4.63. The van der Waals surface area contributed by atoms with Gasteiger partial charge < -0.3 is 5.11 Å². The summed E-state index contributed by atoms with van der Waals surface area (Å²) < 4.78 is 27.7. The normalized spacial score (nSPS) is 15.8. The van der Waals surface area contributed by atoms with Crippen molar-refractivity contribution >= 4 is 16.0 Å². The molecule has 2 aromatic carbocycles. The smallest absolute Gasteiger partial charge is 0.322 e. The van der Waals surface area contributed by atoms with Gasteiger partial charge in [-0.25, -0.2) is 13.1 Å². The van der Waals surface area contributed by atoms with Crippen LogP contribution >= 0.6 is 0 Å². The van der Waals surface area contributed by atoms with E-state index in [-0.39, 0.29) is 6.42 Å². The zero-order valence-corrected chi connectivity index (χ0v) is 13.9. The highest BCUT2D eigenvalue weighted by Gasteiger charge is 2.35. The molecule has 0 heterocycles. The summed E-state index contributed by atoms with van der Waals surface area (Å²) in [6.07, 6.45) is 0.960. The third-order valence-electron chi connectivity index (χ3n) is 4.34. The van der Waals surface area contributed by atoms with Crippen LogP contribution in [0.25, 0.3) is 0 Å². The number of carbonyl (C=O) groups is 1. The van der Waals surface area contributed by atoms with Gasteiger partial charge in [0.1, 0.15) is 6.04 Å². The molecule has 6 heteroatoms. The number of hydrogen-bond acceptors (Lipinski definition) is 3. The Bertz CT molecular complexity index is 808. The summed E-state index contributed by atoms with van der Waals surface area (Å²) in [6, 6.07) is 15.5. The lowest BCUT2D eigenvalue weighted by molar-refractivity contribution is -0.138. The van der Waals surface area contributed by atoms with Crippen LogP contribution in [0.3, 0.4) is 0 Å². The zero-order chi connectivity index (χ0) is 17.2. The van der Waals surface area contributed by atoms with Gasteiger partial charge in [0.15, 0.2) is 0 Å². The summed E-state index contributed by atoms with van der Waals surface area (Å²) in [6.45, 7) is 0. The molecule has 5 nitrogen and oxygen atoms in total. The van der Waals surface area contributed by atoms with Gasteiger partial charge in [-0.15, -0.1) is 0 Å². The Morgan fingerprint density at radius 3 is 2.12 bits per heavy atom. The quantitative estimate of drug-likeness (QED) is 0.836. The summed E-state index contributed by atoms with van der Waals surface area (Å²) in [5.74, 6) is -1.17. The number of carboxylic acids is 1. The Hall–Kier alpha value is -2.18. The van der Waals surface area contributed by atoms with E-state index in [1.54, 1.807) is 24.3 Å². The minimum absolute atomic E-state index is 0.120. The molecule has 2 aromatic rings. The van der Waals surface area contributed by atoms with Gasteiger partial charge in [0.2, 0.25) is 10.0 Å². The van der Waals surface area contributed by atoms with Crippen LogP contribution in [0, 0.1) is 0 Å². The Morgan fingerprint density at radius 2 is 1.58 bits per heavy atom. The number of nitrogens with one attached hydrogen (secondary N) is 1. The molecule has 0 saturated heterocycles. The fraction of sp³-hybridized carbons (Fsp3) is 0.278. The number of benzene rings is 2. The molecular formula is C18H19NO4S. The van der Waals surface area contributed by atoms with Crippen LogP contribution in [-0.2, 0) is 34.1 Å². The molecule has 0 amide bonds. The van der Waals surface area contributed by atoms with Crippen LogP contribution < -0.4 is 4.72 Å². The summed E-state index contributed by atoms with van der Waals surface area (Å²) in [5, 5.41) is 8.77. The Balaban J connectivity index is 1.74. The van der Waals surface area contributed by atoms with Crippen LogP contribution in [0.1, 0.15) is 16.7 Å². The molecule has 0 bridgehead atoms. The van der Waals surface area contributed by atoms with E-state index in [1.165, 1.54) is 0 Å². The molecule has 1 aliphatic rings. The van der Waals surface area contributed by atoms with Crippen molar-refractivity contribution in [1.29, 1.82) is 0 Å². The Morgan fingerprint density at radius 1 is 1.04 bits per heavy atom. The van der Waals surface area contributed by atoms with E-state index in [2.05, 4.69) is 4.72 Å². The molecular weight excluding hydrogens is 326 g/mol. The molecule has 2 N–H and O–H groups in total. The first kappa shape index (κ1) is 16.7. The van der Waals surface area contributed by atoms with Gasteiger partial charge >= 0.3 is 5.97 Å². The third kappa shape index (κ3) is 3.66. The van der Waals surface area contributed by atoms with Gasteiger partial charge in [-0.05, 0) is 36.0 Å². The van der Waals surface area contributed by atoms with E-state index in [9.17, 15) is 18.3 Å². The molecule has 1 atom stereocenters. The van der Waals surface area contributed by atoms with Crippen LogP contribution in [-0.4, -0.2) is 30.8 Å². The molecule has 0 saturated carbocycles. The minimum Gasteiger partial charge on any atom is -0.480 e. The molecule has 126 valence electrons. The molecule has 24 heavy (non-hydrogen) atoms. The maximum atomic E-state index is 12.6. The van der Waals surface area contributed by atoms with Crippen molar-refractivity contribution in [2.75, 3.05) is 0 Å². The van der Waals surface area contributed by atoms with Crippen LogP contribution in [0.2, 0.25) is 0 Å². The number of sulfonamides is 1. The van der Waals surface area contributed by atoms with Crippen LogP contribution in [0.4, 0.5) is 0 Å². The van der Waals surface area contributed by atoms with E-state index in [4.69, 9.17) is 0 Å². The molecule has 0 aliphatic heterocycles. The Labute approximate surface area is 141 Å². The predicted molar refractivity (Wildman–Crippen MR) is 91.3 cm³/mol. The average Bonchev–Trinajstić information content (AvgIpc) is 3.00. The maximum absolute atomic E-state index is 12.6. The molecule has 3 rings (SSSR count). The molecule has 1 aliphatic carbocycles. The highest BCUT2D eigenvalue weighted by molar-refractivity contribution is 7.90. The zero-order valence-electron chi connectivity index (χ0n) is 13.1. The van der Waals surface area contributed by atoms with Crippen LogP contribution in [0.15, 0.2) is 54.6 Å². The lowest BCUT2D eigenvalue weighted by atomic mass is 10.1. The maximum Gasteiger partial charge on any atom is 0.322 e. The molecule has 0 aromatic heterocycles. The highest BCUT2D eigenvalue weighted by Crippen LogP contribution is 2.26. The van der Waals surface area contributed by atoms with E-state index in [0.717, 1.165) is 16.7 Å². The number of aliphatic carboxylic acids is 1. The van der Waals surface area contributed by atoms with E-state index in [1.807, 2.05) is 30.3 Å². The summed E-state index contributed by atoms with van der Waals surface area (Å²) in [7, 11) is -3.72. The minimum atomic E-state index is -3.72. The van der Waals surface area contributed by atoms with Gasteiger partial charge in [-0.2, -0.15) is 0 Å². The van der Waals surface area contributed by atoms with Gasteiger partial charge in [0.25, 0.3) is 0 Å². The highest BCUT2D eigenvalue weighted by atomic mass is 32.2. The second-order valence-corrected chi connectivity index (χ2v) is 8.03. The largest absolute Gasteiger partial charge is 0.480 e. The van der Waals surface area contributed by atoms with E-state index in [0.29, 0.717) is 12.8 Å². The van der Waals surface area contributed by atoms with Crippen molar-refractivity contribution in [1.82, 2.24) is 4.72 Å². The first-order chi connectivity index (χ1) is 11.5. The SMILES string of the molecule is O=C(O)C(Cc1ccccc1)NS(=O)(=O)C1Cc2ccccc2C1. The van der Waals surface area contributed by atoms with Gasteiger partial charge in [0.05, 0.1) is 5.25 Å². The van der Waals surface area contributed by atoms with Gasteiger partial charge in [0, 0.05) is 0 Å². The topological polar surface area (TPSA) is 83.5 Å². The first-order valence-corrected chi connectivity index (χ1v) is 9.35. The van der Waals surface area contributed by atoms with Crippen molar-refractivity contribution in [3.05, 3.63) is 71.3 Å². The second-order valence-electron chi connectivity index (χ2n) is 6.04. The molecule has 1 unspecified atom stereocenters. The van der Waals surface area contributed by atoms with Gasteiger partial charge in [-0.3, -0.25) is 4.79 Å². The monoisotopic (exact) mass is 345 g/mol. The van der Waals surface area contributed by atoms with E-state index >= 15 is 0 Å². The van der Waals surface area contributed by atoms with Crippen LogP contribution in [0.5, 0.6) is 0 Å². The lowest BCUT2D eigenvalue weighted by Gasteiger charge is -2.18. The van der Waals surface area contributed by atoms with Crippen molar-refractivity contribution < 1.29 is 18.3 Å². The lowest BCUT2D eigenvalue weighted by Crippen LogP contribution is -2.46. The van der Waals surface area contributed by atoms with Crippen molar-refractivity contribution in [3.8, 4) is 0 Å². The van der Waals surface area contributed by atoms with Crippen molar-refractivity contribution in [2.45, 2.75) is 30.6 Å². The summed E-state index contributed by atoms with van der Waals surface area (Å²) in [4.78, 5) is 11.5. The molecule has 0 spiro atoms. The predicted octanol–water partition coefficient (Wildman–Crippen LogP) is 1.77.